The van der Waals surface area contributed by atoms with E-state index in [4.69, 9.17) is 5.26 Å². The van der Waals surface area contributed by atoms with E-state index in [1.54, 1.807) is 31.3 Å². The molecule has 142 valence electrons. The summed E-state index contributed by atoms with van der Waals surface area (Å²) in [6.07, 6.45) is 0. The van der Waals surface area contributed by atoms with Crippen LogP contribution in [0.4, 0.5) is 0 Å². The van der Waals surface area contributed by atoms with Gasteiger partial charge in [-0.05, 0) is 22.9 Å². The van der Waals surface area contributed by atoms with Crippen LogP contribution < -0.4 is 16.6 Å². The highest BCUT2D eigenvalue weighted by Gasteiger charge is 2.21. The molecule has 0 saturated heterocycles. The third-order valence-electron chi connectivity index (χ3n) is 3.81. The molecule has 12 heteroatoms. The van der Waals surface area contributed by atoms with Crippen molar-refractivity contribution >= 4 is 11.7 Å². The van der Waals surface area contributed by atoms with Crippen LogP contribution in [0.15, 0.2) is 49.4 Å². The Morgan fingerprint density at radius 1 is 1.32 bits per heavy atom. The van der Waals surface area contributed by atoms with E-state index in [1.165, 1.54) is 12.1 Å². The second-order valence-electron chi connectivity index (χ2n) is 5.95. The second-order valence-corrected chi connectivity index (χ2v) is 5.95. The minimum Gasteiger partial charge on any atom is -0.305 e. The van der Waals surface area contributed by atoms with E-state index >= 15 is 0 Å². The van der Waals surface area contributed by atoms with Crippen molar-refractivity contribution < 1.29 is 4.79 Å². The maximum atomic E-state index is 12.7. The molecule has 3 rings (SSSR count). The topological polar surface area (TPSA) is 150 Å². The number of carbonyl (C=O) groups is 1. The Morgan fingerprint density at radius 2 is 2.11 bits per heavy atom. The van der Waals surface area contributed by atoms with Crippen molar-refractivity contribution in [2.75, 3.05) is 13.6 Å². The van der Waals surface area contributed by atoms with Crippen molar-refractivity contribution in [3.63, 3.8) is 0 Å². The molecule has 1 aliphatic heterocycles. The number of amides is 1. The van der Waals surface area contributed by atoms with Gasteiger partial charge < -0.3 is 5.32 Å². The first-order chi connectivity index (χ1) is 13.4. The van der Waals surface area contributed by atoms with Gasteiger partial charge in [-0.2, -0.15) is 10.4 Å². The summed E-state index contributed by atoms with van der Waals surface area (Å²) in [5.41, 5.74) is -1.05. The molecule has 1 aromatic heterocycles. The molecule has 0 saturated carbocycles. The Hall–Kier alpha value is -4.14. The van der Waals surface area contributed by atoms with E-state index in [2.05, 4.69) is 26.0 Å². The molecule has 0 unspecified atom stereocenters. The molecule has 1 amide bonds. The normalized spacial score (nSPS) is 13.0. The van der Waals surface area contributed by atoms with E-state index in [9.17, 15) is 14.4 Å². The van der Waals surface area contributed by atoms with Crippen molar-refractivity contribution in [3.05, 3.63) is 61.9 Å². The third-order valence-corrected chi connectivity index (χ3v) is 3.81. The molecule has 0 spiro atoms. The number of rotatable bonds is 3. The highest BCUT2D eigenvalue weighted by Crippen LogP contribution is 2.04. The lowest BCUT2D eigenvalue weighted by Crippen LogP contribution is -2.47. The molecule has 1 aliphatic rings. The standard InChI is InChI=1S/C16H15N9O3/c1-23-9-12(19-21-22-23)18-14(26)13-15(27)25(16(28)24(2)20-13)8-11-5-3-4-10(6-11)7-17/h3-6H,8-9H2,1-2H3,(H,18,19,22,26). The molecule has 0 radical (unpaired) electrons. The molecule has 0 fully saturated rings. The van der Waals surface area contributed by atoms with Crippen LogP contribution in [-0.4, -0.2) is 44.7 Å². The van der Waals surface area contributed by atoms with Gasteiger partial charge in [-0.3, -0.25) is 19.2 Å². The smallest absolute Gasteiger partial charge is 0.305 e. The largest absolute Gasteiger partial charge is 0.347 e. The molecular weight excluding hydrogens is 366 g/mol. The molecule has 2 heterocycles. The lowest BCUT2D eigenvalue weighted by Gasteiger charge is -2.16. The van der Waals surface area contributed by atoms with Crippen LogP contribution in [0.25, 0.3) is 0 Å². The van der Waals surface area contributed by atoms with Gasteiger partial charge in [0, 0.05) is 14.1 Å². The molecule has 28 heavy (non-hydrogen) atoms. The highest BCUT2D eigenvalue weighted by molar-refractivity contribution is 6.05. The van der Waals surface area contributed by atoms with Gasteiger partial charge in [0.15, 0.2) is 5.84 Å². The summed E-state index contributed by atoms with van der Waals surface area (Å²) in [5, 5.41) is 27.5. The summed E-state index contributed by atoms with van der Waals surface area (Å²) in [5.74, 6) is -0.629. The van der Waals surface area contributed by atoms with E-state index in [0.717, 1.165) is 9.25 Å². The fraction of sp³-hybridized carbons (Fsp3) is 0.250. The molecular formula is C16H15N9O3. The van der Waals surface area contributed by atoms with Crippen LogP contribution in [-0.2, 0) is 13.6 Å². The van der Waals surface area contributed by atoms with Gasteiger partial charge in [0.1, 0.15) is 0 Å². The van der Waals surface area contributed by atoms with Crippen molar-refractivity contribution in [3.8, 4) is 6.07 Å². The predicted molar refractivity (Wildman–Crippen MR) is 96.4 cm³/mol. The van der Waals surface area contributed by atoms with Gasteiger partial charge in [0.2, 0.25) is 5.69 Å². The second kappa shape index (κ2) is 7.62. The first-order valence-electron chi connectivity index (χ1n) is 8.06. The molecule has 1 N–H and O–H groups in total. The number of hydrogen-bond acceptors (Lipinski definition) is 9. The fourth-order valence-electron chi connectivity index (χ4n) is 2.51. The number of nitrogens with zero attached hydrogens (tertiary/aromatic N) is 8. The van der Waals surface area contributed by atoms with Crippen LogP contribution >= 0.6 is 0 Å². The average Bonchev–Trinajstić information content (AvgIpc) is 2.68. The van der Waals surface area contributed by atoms with Gasteiger partial charge in [-0.1, -0.05) is 17.4 Å². The zero-order valence-electron chi connectivity index (χ0n) is 15.0. The fourth-order valence-corrected chi connectivity index (χ4v) is 2.51. The van der Waals surface area contributed by atoms with Crippen LogP contribution in [0.1, 0.15) is 21.6 Å². The van der Waals surface area contributed by atoms with E-state index < -0.39 is 22.9 Å². The number of nitriles is 1. The predicted octanol–water partition coefficient (Wildman–Crippen LogP) is -0.782. The number of aromatic nitrogens is 3. The molecule has 12 nitrogen and oxygen atoms in total. The summed E-state index contributed by atoms with van der Waals surface area (Å²) in [6, 6.07) is 8.47. The van der Waals surface area contributed by atoms with Crippen LogP contribution in [0.2, 0.25) is 0 Å². The maximum absolute atomic E-state index is 12.7. The first kappa shape index (κ1) is 18.6. The summed E-state index contributed by atoms with van der Waals surface area (Å²) in [7, 11) is 2.97. The lowest BCUT2D eigenvalue weighted by atomic mass is 10.1. The number of likely N-dealkylation sites (N-methyl/N-ethyl adjacent to an activating group) is 1. The molecule has 2 aromatic rings. The minimum absolute atomic E-state index is 0.109. The van der Waals surface area contributed by atoms with Crippen molar-refractivity contribution in [1.82, 2.24) is 24.7 Å². The van der Waals surface area contributed by atoms with Crippen molar-refractivity contribution in [2.24, 2.45) is 22.6 Å². The Labute approximate surface area is 158 Å². The van der Waals surface area contributed by atoms with Gasteiger partial charge in [0.25, 0.3) is 11.5 Å². The minimum atomic E-state index is -0.852. The van der Waals surface area contributed by atoms with Gasteiger partial charge in [0.05, 0.1) is 24.7 Å². The number of benzene rings is 1. The third kappa shape index (κ3) is 3.83. The number of aryl methyl sites for hydroxylation is 1. The Bertz CT molecular complexity index is 1150. The van der Waals surface area contributed by atoms with Gasteiger partial charge in [-0.15, -0.1) is 5.10 Å². The lowest BCUT2D eigenvalue weighted by molar-refractivity contribution is 0.0965. The monoisotopic (exact) mass is 381 g/mol. The van der Waals surface area contributed by atoms with E-state index in [0.29, 0.717) is 11.1 Å². The Morgan fingerprint density at radius 3 is 2.82 bits per heavy atom. The van der Waals surface area contributed by atoms with E-state index in [1.807, 2.05) is 6.07 Å². The van der Waals surface area contributed by atoms with Crippen molar-refractivity contribution in [1.29, 1.82) is 5.26 Å². The average molecular weight is 381 g/mol. The number of carbonyl (C=O) groups excluding carboxylic acids is 1. The first-order valence-corrected chi connectivity index (χ1v) is 8.06. The molecule has 0 aliphatic carbocycles. The maximum Gasteiger partial charge on any atom is 0.347 e. The van der Waals surface area contributed by atoms with E-state index in [-0.39, 0.29) is 18.9 Å². The molecule has 0 atom stereocenters. The number of hydrogen-bond donors (Lipinski definition) is 1. The van der Waals surface area contributed by atoms with Gasteiger partial charge in [-0.25, -0.2) is 9.48 Å². The Kier molecular flexibility index (Phi) is 5.07. The number of nitrogens with one attached hydrogen (secondary N) is 1. The van der Waals surface area contributed by atoms with Crippen LogP contribution in [0.3, 0.4) is 0 Å². The quantitative estimate of drug-likeness (QED) is 0.736. The zero-order chi connectivity index (χ0) is 20.3. The molecule has 0 bridgehead atoms. The number of amidine groups is 1. The summed E-state index contributed by atoms with van der Waals surface area (Å²) >= 11 is 0. The SMILES string of the molecule is CN1CC(NC(=O)c2nn(C)c(=O)n(Cc3cccc(C#N)c3)c2=O)=NN=N1. The molecule has 1 aromatic carbocycles. The summed E-state index contributed by atoms with van der Waals surface area (Å²) in [4.78, 5) is 37.6. The Balaban J connectivity index is 1.96. The summed E-state index contributed by atoms with van der Waals surface area (Å²) in [6.45, 7) is 0.0812. The zero-order valence-corrected chi connectivity index (χ0v) is 15.0. The van der Waals surface area contributed by atoms with Crippen LogP contribution in [0.5, 0.6) is 0 Å². The highest BCUT2D eigenvalue weighted by atomic mass is 16.2. The van der Waals surface area contributed by atoms with Crippen molar-refractivity contribution in [2.45, 2.75) is 6.54 Å². The summed E-state index contributed by atoms with van der Waals surface area (Å²) < 4.78 is 1.78. The van der Waals surface area contributed by atoms with Crippen LogP contribution in [0, 0.1) is 11.3 Å². The van der Waals surface area contributed by atoms with Gasteiger partial charge >= 0.3 is 5.69 Å².